The topological polar surface area (TPSA) is 99.5 Å². The lowest BCUT2D eigenvalue weighted by molar-refractivity contribution is -0.134. The van der Waals surface area contributed by atoms with Crippen molar-refractivity contribution in [3.8, 4) is 11.8 Å². The summed E-state index contributed by atoms with van der Waals surface area (Å²) in [6, 6.07) is 5.46. The Balaban J connectivity index is 2.49. The Hall–Kier alpha value is -2.88. The number of benzene rings is 1. The molecule has 1 aromatic rings. The smallest absolute Gasteiger partial charge is 0.335 e. The van der Waals surface area contributed by atoms with Crippen LogP contribution in [0.25, 0.3) is 0 Å². The van der Waals surface area contributed by atoms with Gasteiger partial charge in [-0.1, -0.05) is 6.92 Å². The van der Waals surface area contributed by atoms with Crippen molar-refractivity contribution in [3.05, 3.63) is 23.8 Å². The average Bonchev–Trinajstić information content (AvgIpc) is 2.47. The first kappa shape index (κ1) is 14.5. The van der Waals surface area contributed by atoms with Gasteiger partial charge in [0.25, 0.3) is 0 Å². The predicted molar refractivity (Wildman–Crippen MR) is 72.5 cm³/mol. The number of anilines is 1. The van der Waals surface area contributed by atoms with E-state index in [4.69, 9.17) is 10.00 Å². The monoisotopic (exact) mass is 287 g/mol. The Morgan fingerprint density at radius 1 is 1.38 bits per heavy atom. The second-order valence-corrected chi connectivity index (χ2v) is 4.43. The number of nitriles is 1. The van der Waals surface area contributed by atoms with Crippen LogP contribution in [-0.2, 0) is 9.59 Å². The number of barbiturate groups is 1. The van der Waals surface area contributed by atoms with Crippen LogP contribution < -0.4 is 15.0 Å². The molecule has 7 heteroatoms. The maximum Gasteiger partial charge on any atom is 0.335 e. The Bertz CT molecular complexity index is 663. The first-order valence-corrected chi connectivity index (χ1v) is 6.30. The summed E-state index contributed by atoms with van der Waals surface area (Å²) >= 11 is 0. The van der Waals surface area contributed by atoms with Crippen LogP contribution in [0, 0.1) is 17.2 Å². The fourth-order valence-electron chi connectivity index (χ4n) is 2.14. The first-order chi connectivity index (χ1) is 10.0. The molecule has 0 saturated carbocycles. The summed E-state index contributed by atoms with van der Waals surface area (Å²) in [7, 11) is 1.37. The van der Waals surface area contributed by atoms with Crippen LogP contribution >= 0.6 is 0 Å². The molecule has 1 aromatic carbocycles. The summed E-state index contributed by atoms with van der Waals surface area (Å²) < 4.78 is 5.12. The molecular formula is C14H13N3O4. The van der Waals surface area contributed by atoms with Gasteiger partial charge >= 0.3 is 6.03 Å². The SMILES string of the molecule is CCC1C(=O)NC(=O)N(c2ccc(C#N)cc2OC)C1=O. The number of rotatable bonds is 3. The van der Waals surface area contributed by atoms with E-state index in [0.29, 0.717) is 5.56 Å². The standard InChI is InChI=1S/C14H13N3O4/c1-3-9-12(18)16-14(20)17(13(9)19)10-5-4-8(7-15)6-11(10)21-2/h4-6,9H,3H2,1-2H3,(H,16,18,20). The summed E-state index contributed by atoms with van der Waals surface area (Å²) in [5.41, 5.74) is 0.536. The number of nitrogens with one attached hydrogen (secondary N) is 1. The maximum absolute atomic E-state index is 12.3. The second kappa shape index (κ2) is 5.63. The summed E-state index contributed by atoms with van der Waals surface area (Å²) in [4.78, 5) is 36.8. The number of imide groups is 2. The van der Waals surface area contributed by atoms with Gasteiger partial charge < -0.3 is 4.74 Å². The number of nitrogens with zero attached hydrogens (tertiary/aromatic N) is 2. The zero-order valence-electron chi connectivity index (χ0n) is 11.5. The Labute approximate surface area is 121 Å². The number of carbonyl (C=O) groups excluding carboxylic acids is 3. The predicted octanol–water partition coefficient (Wildman–Crippen LogP) is 1.18. The van der Waals surface area contributed by atoms with Gasteiger partial charge in [0.15, 0.2) is 0 Å². The number of urea groups is 1. The first-order valence-electron chi connectivity index (χ1n) is 6.30. The molecule has 0 spiro atoms. The molecule has 1 unspecified atom stereocenters. The van der Waals surface area contributed by atoms with Crippen molar-refractivity contribution < 1.29 is 19.1 Å². The van der Waals surface area contributed by atoms with Crippen LogP contribution in [0.5, 0.6) is 5.75 Å². The molecule has 0 bridgehead atoms. The normalized spacial score (nSPS) is 18.2. The van der Waals surface area contributed by atoms with Gasteiger partial charge in [-0.25, -0.2) is 9.69 Å². The molecule has 108 valence electrons. The Morgan fingerprint density at radius 2 is 2.10 bits per heavy atom. The summed E-state index contributed by atoms with van der Waals surface area (Å²) in [5, 5.41) is 11.0. The van der Waals surface area contributed by atoms with E-state index in [9.17, 15) is 14.4 Å². The number of carbonyl (C=O) groups is 3. The van der Waals surface area contributed by atoms with Crippen molar-refractivity contribution in [3.63, 3.8) is 0 Å². The van der Waals surface area contributed by atoms with E-state index in [0.717, 1.165) is 4.90 Å². The van der Waals surface area contributed by atoms with E-state index >= 15 is 0 Å². The largest absolute Gasteiger partial charge is 0.495 e. The number of ether oxygens (including phenoxy) is 1. The van der Waals surface area contributed by atoms with E-state index in [2.05, 4.69) is 5.32 Å². The van der Waals surface area contributed by atoms with Crippen LogP contribution in [0.3, 0.4) is 0 Å². The zero-order chi connectivity index (χ0) is 15.6. The van der Waals surface area contributed by atoms with Gasteiger partial charge in [-0.2, -0.15) is 5.26 Å². The van der Waals surface area contributed by atoms with Crippen molar-refractivity contribution in [2.24, 2.45) is 5.92 Å². The molecule has 1 N–H and O–H groups in total. The van der Waals surface area contributed by atoms with Gasteiger partial charge in [-0.3, -0.25) is 14.9 Å². The molecule has 2 rings (SSSR count). The molecule has 1 heterocycles. The van der Waals surface area contributed by atoms with E-state index in [1.165, 1.54) is 25.3 Å². The van der Waals surface area contributed by atoms with Gasteiger partial charge in [0, 0.05) is 6.07 Å². The zero-order valence-corrected chi connectivity index (χ0v) is 11.5. The van der Waals surface area contributed by atoms with Crippen molar-refractivity contribution in [1.82, 2.24) is 5.32 Å². The molecule has 4 amide bonds. The van der Waals surface area contributed by atoms with Crippen LogP contribution in [-0.4, -0.2) is 25.0 Å². The molecule has 1 fully saturated rings. The van der Waals surface area contributed by atoms with E-state index in [-0.39, 0.29) is 17.9 Å². The van der Waals surface area contributed by atoms with Crippen LogP contribution in [0.2, 0.25) is 0 Å². The summed E-state index contributed by atoms with van der Waals surface area (Å²) in [6.07, 6.45) is 0.285. The Kier molecular flexibility index (Phi) is 3.89. The van der Waals surface area contributed by atoms with E-state index in [1.807, 2.05) is 6.07 Å². The molecular weight excluding hydrogens is 274 g/mol. The second-order valence-electron chi connectivity index (χ2n) is 4.43. The fraction of sp³-hybridized carbons (Fsp3) is 0.286. The third-order valence-corrected chi connectivity index (χ3v) is 3.23. The number of methoxy groups -OCH3 is 1. The minimum atomic E-state index is -0.914. The minimum absolute atomic E-state index is 0.199. The van der Waals surface area contributed by atoms with Crippen LogP contribution in [0.15, 0.2) is 18.2 Å². The lowest BCUT2D eigenvalue weighted by Crippen LogP contribution is -2.58. The third-order valence-electron chi connectivity index (χ3n) is 3.23. The van der Waals surface area contributed by atoms with Gasteiger partial charge in [0.2, 0.25) is 11.8 Å². The van der Waals surface area contributed by atoms with E-state index in [1.54, 1.807) is 6.92 Å². The molecule has 1 atom stereocenters. The molecule has 0 aromatic heterocycles. The Morgan fingerprint density at radius 3 is 2.67 bits per heavy atom. The van der Waals surface area contributed by atoms with Gasteiger partial charge in [0.1, 0.15) is 11.7 Å². The summed E-state index contributed by atoms with van der Waals surface area (Å²) in [6.45, 7) is 1.69. The highest BCUT2D eigenvalue weighted by atomic mass is 16.5. The highest BCUT2D eigenvalue weighted by Crippen LogP contribution is 2.32. The quantitative estimate of drug-likeness (QED) is 0.841. The summed E-state index contributed by atoms with van der Waals surface area (Å²) in [5.74, 6) is -1.91. The maximum atomic E-state index is 12.3. The third kappa shape index (κ3) is 2.43. The molecule has 7 nitrogen and oxygen atoms in total. The molecule has 21 heavy (non-hydrogen) atoms. The fourth-order valence-corrected chi connectivity index (χ4v) is 2.14. The van der Waals surface area contributed by atoms with Crippen LogP contribution in [0.4, 0.5) is 10.5 Å². The number of hydrogen-bond donors (Lipinski definition) is 1. The van der Waals surface area contributed by atoms with Crippen molar-refractivity contribution in [2.45, 2.75) is 13.3 Å². The van der Waals surface area contributed by atoms with Gasteiger partial charge in [0.05, 0.1) is 24.4 Å². The molecule has 0 aliphatic carbocycles. The lowest BCUT2D eigenvalue weighted by Gasteiger charge is -2.30. The minimum Gasteiger partial charge on any atom is -0.495 e. The van der Waals surface area contributed by atoms with Crippen molar-refractivity contribution in [1.29, 1.82) is 5.26 Å². The molecule has 1 aliphatic rings. The highest BCUT2D eigenvalue weighted by molar-refractivity contribution is 6.28. The van der Waals surface area contributed by atoms with Crippen molar-refractivity contribution >= 4 is 23.5 Å². The number of hydrogen-bond acceptors (Lipinski definition) is 5. The van der Waals surface area contributed by atoms with Crippen molar-refractivity contribution in [2.75, 3.05) is 12.0 Å². The van der Waals surface area contributed by atoms with Crippen LogP contribution in [0.1, 0.15) is 18.9 Å². The lowest BCUT2D eigenvalue weighted by atomic mass is 10.0. The van der Waals surface area contributed by atoms with E-state index < -0.39 is 23.8 Å². The number of amides is 4. The molecule has 0 radical (unpaired) electrons. The molecule has 1 saturated heterocycles. The highest BCUT2D eigenvalue weighted by Gasteiger charge is 2.41. The molecule has 1 aliphatic heterocycles. The van der Waals surface area contributed by atoms with Gasteiger partial charge in [-0.15, -0.1) is 0 Å². The average molecular weight is 287 g/mol. The van der Waals surface area contributed by atoms with Gasteiger partial charge in [-0.05, 0) is 18.6 Å².